The first-order chi connectivity index (χ1) is 10.2. The molecular weight excluding hydrogens is 280 g/mol. The number of piperidine rings is 1. The molecule has 0 radical (unpaired) electrons. The van der Waals surface area contributed by atoms with Crippen molar-refractivity contribution in [1.29, 1.82) is 0 Å². The lowest BCUT2D eigenvalue weighted by molar-refractivity contribution is 0.0172. The molecule has 0 spiro atoms. The Kier molecular flexibility index (Phi) is 4.98. The molecule has 124 valence electrons. The molecule has 1 saturated heterocycles. The second-order valence-corrected chi connectivity index (χ2v) is 7.12. The smallest absolute Gasteiger partial charge is 0.410 e. The van der Waals surface area contributed by atoms with Crippen molar-refractivity contribution in [2.24, 2.45) is 13.0 Å². The number of rotatable bonds is 3. The van der Waals surface area contributed by atoms with Crippen molar-refractivity contribution in [3.8, 4) is 0 Å². The van der Waals surface area contributed by atoms with Crippen molar-refractivity contribution < 1.29 is 9.53 Å². The van der Waals surface area contributed by atoms with E-state index in [1.807, 2.05) is 50.5 Å². The summed E-state index contributed by atoms with van der Waals surface area (Å²) >= 11 is 0. The number of nitrogens with one attached hydrogen (secondary N) is 1. The first-order valence-electron chi connectivity index (χ1n) is 7.96. The fraction of sp³-hybridized carbons (Fsp3) is 0.750. The highest BCUT2D eigenvalue weighted by molar-refractivity contribution is 5.68. The number of aromatic nitrogens is 2. The lowest BCUT2D eigenvalue weighted by Crippen LogP contribution is -2.44. The minimum atomic E-state index is -0.435. The molecule has 1 aliphatic rings. The first kappa shape index (κ1) is 16.6. The molecule has 2 heterocycles. The molecule has 1 amide bonds. The topological polar surface area (TPSA) is 59.4 Å². The number of carbonyl (C=O) groups is 1. The summed E-state index contributed by atoms with van der Waals surface area (Å²) < 4.78 is 7.28. The van der Waals surface area contributed by atoms with E-state index < -0.39 is 5.60 Å². The zero-order valence-corrected chi connectivity index (χ0v) is 14.3. The second kappa shape index (κ2) is 6.58. The Morgan fingerprint density at radius 3 is 2.82 bits per heavy atom. The largest absolute Gasteiger partial charge is 0.444 e. The summed E-state index contributed by atoms with van der Waals surface area (Å²) in [7, 11) is 1.92. The SMILES string of the molecule is Cc1nn(C)cc1NC[C@@H]1CCCN(C(=O)OC(C)(C)C)C1. The van der Waals surface area contributed by atoms with Crippen LogP contribution in [-0.4, -0.2) is 46.0 Å². The Bertz CT molecular complexity index is 519. The summed E-state index contributed by atoms with van der Waals surface area (Å²) in [6.45, 7) is 10.1. The molecule has 2 rings (SSSR count). The Labute approximate surface area is 132 Å². The van der Waals surface area contributed by atoms with Crippen molar-refractivity contribution in [3.05, 3.63) is 11.9 Å². The minimum Gasteiger partial charge on any atom is -0.444 e. The second-order valence-electron chi connectivity index (χ2n) is 7.12. The van der Waals surface area contributed by atoms with Gasteiger partial charge >= 0.3 is 6.09 Å². The van der Waals surface area contributed by atoms with E-state index in [9.17, 15) is 4.79 Å². The predicted molar refractivity (Wildman–Crippen MR) is 87.0 cm³/mol. The van der Waals surface area contributed by atoms with E-state index in [0.717, 1.165) is 43.9 Å². The van der Waals surface area contributed by atoms with Gasteiger partial charge in [0.25, 0.3) is 0 Å². The van der Waals surface area contributed by atoms with Crippen LogP contribution in [0.3, 0.4) is 0 Å². The highest BCUT2D eigenvalue weighted by atomic mass is 16.6. The van der Waals surface area contributed by atoms with Gasteiger partial charge in [-0.15, -0.1) is 0 Å². The van der Waals surface area contributed by atoms with Crippen LogP contribution in [0, 0.1) is 12.8 Å². The Hall–Kier alpha value is -1.72. The van der Waals surface area contributed by atoms with Crippen molar-refractivity contribution >= 4 is 11.8 Å². The zero-order valence-electron chi connectivity index (χ0n) is 14.3. The molecule has 1 atom stereocenters. The molecule has 0 unspecified atom stereocenters. The van der Waals surface area contributed by atoms with Crippen LogP contribution >= 0.6 is 0 Å². The lowest BCUT2D eigenvalue weighted by Gasteiger charge is -2.34. The number of nitrogens with zero attached hydrogens (tertiary/aromatic N) is 3. The number of likely N-dealkylation sites (tertiary alicyclic amines) is 1. The maximum Gasteiger partial charge on any atom is 0.410 e. The lowest BCUT2D eigenvalue weighted by atomic mass is 9.98. The molecule has 1 aliphatic heterocycles. The number of hydrogen-bond donors (Lipinski definition) is 1. The summed E-state index contributed by atoms with van der Waals surface area (Å²) in [6, 6.07) is 0. The first-order valence-corrected chi connectivity index (χ1v) is 7.96. The number of amides is 1. The van der Waals surface area contributed by atoms with E-state index in [1.54, 1.807) is 0 Å². The van der Waals surface area contributed by atoms with Crippen LogP contribution in [0.25, 0.3) is 0 Å². The van der Waals surface area contributed by atoms with Crippen molar-refractivity contribution in [3.63, 3.8) is 0 Å². The van der Waals surface area contributed by atoms with E-state index in [2.05, 4.69) is 10.4 Å². The molecule has 22 heavy (non-hydrogen) atoms. The van der Waals surface area contributed by atoms with Crippen molar-refractivity contribution in [2.45, 2.75) is 46.1 Å². The molecule has 1 N–H and O–H groups in total. The van der Waals surface area contributed by atoms with E-state index in [1.165, 1.54) is 0 Å². The Balaban J connectivity index is 1.85. The number of hydrogen-bond acceptors (Lipinski definition) is 4. The van der Waals surface area contributed by atoms with E-state index in [-0.39, 0.29) is 6.09 Å². The molecule has 0 saturated carbocycles. The third-order valence-electron chi connectivity index (χ3n) is 3.77. The molecular formula is C16H28N4O2. The quantitative estimate of drug-likeness (QED) is 0.933. The molecule has 1 aromatic rings. The highest BCUT2D eigenvalue weighted by Gasteiger charge is 2.27. The van der Waals surface area contributed by atoms with Gasteiger partial charge in [-0.05, 0) is 46.5 Å². The van der Waals surface area contributed by atoms with Gasteiger partial charge in [0.2, 0.25) is 0 Å². The van der Waals surface area contributed by atoms with E-state index in [0.29, 0.717) is 5.92 Å². The summed E-state index contributed by atoms with van der Waals surface area (Å²) in [5.41, 5.74) is 1.63. The number of aryl methyl sites for hydroxylation is 2. The maximum absolute atomic E-state index is 12.2. The van der Waals surface area contributed by atoms with Gasteiger partial charge in [-0.3, -0.25) is 4.68 Å². The van der Waals surface area contributed by atoms with Gasteiger partial charge < -0.3 is 15.0 Å². The van der Waals surface area contributed by atoms with Crippen LogP contribution in [0.2, 0.25) is 0 Å². The van der Waals surface area contributed by atoms with Crippen LogP contribution in [-0.2, 0) is 11.8 Å². The predicted octanol–water partition coefficient (Wildman–Crippen LogP) is 2.79. The molecule has 1 fully saturated rings. The number of ether oxygens (including phenoxy) is 1. The fourth-order valence-electron chi connectivity index (χ4n) is 2.75. The Morgan fingerprint density at radius 1 is 1.50 bits per heavy atom. The standard InChI is InChI=1S/C16H28N4O2/c1-12-14(11-19(5)18-12)17-9-13-7-6-8-20(10-13)15(21)22-16(2,3)4/h11,13,17H,6-10H2,1-5H3/t13-/m0/s1. The molecule has 0 aromatic carbocycles. The third kappa shape index (κ3) is 4.64. The Morgan fingerprint density at radius 2 is 2.23 bits per heavy atom. The zero-order chi connectivity index (χ0) is 16.3. The normalized spacial score (nSPS) is 19.1. The van der Waals surface area contributed by atoms with Crippen LogP contribution in [0.1, 0.15) is 39.3 Å². The van der Waals surface area contributed by atoms with Gasteiger partial charge in [-0.1, -0.05) is 0 Å². The highest BCUT2D eigenvalue weighted by Crippen LogP contribution is 2.20. The van der Waals surface area contributed by atoms with Gasteiger partial charge in [-0.2, -0.15) is 5.10 Å². The van der Waals surface area contributed by atoms with Gasteiger partial charge in [0, 0.05) is 32.9 Å². The molecule has 0 aliphatic carbocycles. The number of anilines is 1. The third-order valence-corrected chi connectivity index (χ3v) is 3.77. The van der Waals surface area contributed by atoms with E-state index in [4.69, 9.17) is 4.74 Å². The average molecular weight is 308 g/mol. The fourth-order valence-corrected chi connectivity index (χ4v) is 2.75. The number of carbonyl (C=O) groups excluding carboxylic acids is 1. The van der Waals surface area contributed by atoms with Crippen LogP contribution in [0.4, 0.5) is 10.5 Å². The minimum absolute atomic E-state index is 0.199. The van der Waals surface area contributed by atoms with Crippen LogP contribution < -0.4 is 5.32 Å². The average Bonchev–Trinajstić information content (AvgIpc) is 2.73. The molecule has 0 bridgehead atoms. The van der Waals surface area contributed by atoms with Gasteiger partial charge in [0.1, 0.15) is 5.60 Å². The molecule has 6 nitrogen and oxygen atoms in total. The van der Waals surface area contributed by atoms with Gasteiger partial charge in [0.15, 0.2) is 0 Å². The summed E-state index contributed by atoms with van der Waals surface area (Å²) in [5, 5.41) is 7.78. The summed E-state index contributed by atoms with van der Waals surface area (Å²) in [4.78, 5) is 14.0. The van der Waals surface area contributed by atoms with Crippen LogP contribution in [0.15, 0.2) is 6.20 Å². The van der Waals surface area contributed by atoms with Gasteiger partial charge in [0.05, 0.1) is 11.4 Å². The molecule has 6 heteroatoms. The van der Waals surface area contributed by atoms with Crippen LogP contribution in [0.5, 0.6) is 0 Å². The van der Waals surface area contributed by atoms with Crippen molar-refractivity contribution in [2.75, 3.05) is 25.0 Å². The monoisotopic (exact) mass is 308 g/mol. The van der Waals surface area contributed by atoms with E-state index >= 15 is 0 Å². The van der Waals surface area contributed by atoms with Gasteiger partial charge in [-0.25, -0.2) is 4.79 Å². The summed E-state index contributed by atoms with van der Waals surface area (Å²) in [5.74, 6) is 0.445. The van der Waals surface area contributed by atoms with Crippen molar-refractivity contribution in [1.82, 2.24) is 14.7 Å². The summed E-state index contributed by atoms with van der Waals surface area (Å²) in [6.07, 6.45) is 3.95. The maximum atomic E-state index is 12.2. The molecule has 1 aromatic heterocycles.